The van der Waals surface area contributed by atoms with Crippen LogP contribution in [0.5, 0.6) is 0 Å². The summed E-state index contributed by atoms with van der Waals surface area (Å²) >= 11 is 0. The largest absolute Gasteiger partial charge is 0.334 e. The molecule has 0 aliphatic carbocycles. The highest BCUT2D eigenvalue weighted by Gasteiger charge is 2.12. The molecule has 1 aromatic heterocycles. The fourth-order valence-corrected chi connectivity index (χ4v) is 0.886. The van der Waals surface area contributed by atoms with Gasteiger partial charge in [-0.25, -0.2) is 0 Å². The third-order valence-electron chi connectivity index (χ3n) is 1.46. The second kappa shape index (κ2) is 3.54. The number of hydrogen-bond acceptors (Lipinski definition) is 3. The normalized spacial score (nSPS) is 9.15. The molecule has 5 nitrogen and oxygen atoms in total. The van der Waals surface area contributed by atoms with Gasteiger partial charge in [0.15, 0.2) is 0 Å². The summed E-state index contributed by atoms with van der Waals surface area (Å²) in [5.74, 6) is 2.23. The Hall–Kier alpha value is -2.09. The van der Waals surface area contributed by atoms with Crippen LogP contribution in [0.4, 0.5) is 5.69 Å². The maximum atomic E-state index is 11.2. The number of hydrogen-bond donors (Lipinski definition) is 0. The maximum absolute atomic E-state index is 11.2. The van der Waals surface area contributed by atoms with Crippen LogP contribution in [0.3, 0.4) is 0 Å². The average molecular weight is 178 g/mol. The third-order valence-corrected chi connectivity index (χ3v) is 1.46. The Morgan fingerprint density at radius 1 is 1.69 bits per heavy atom. The molecule has 1 aromatic rings. The van der Waals surface area contributed by atoms with Crippen molar-refractivity contribution >= 4 is 5.69 Å². The number of rotatable bonds is 2. The first-order chi connectivity index (χ1) is 6.16. The first-order valence-electron chi connectivity index (χ1n) is 3.44. The molecule has 0 saturated carbocycles. The molecule has 5 heteroatoms. The van der Waals surface area contributed by atoms with E-state index in [0.29, 0.717) is 0 Å². The molecule has 0 amide bonds. The topological polar surface area (TPSA) is 65.1 Å². The lowest BCUT2D eigenvalue weighted by Crippen LogP contribution is -2.21. The van der Waals surface area contributed by atoms with Gasteiger partial charge in [-0.2, -0.15) is 0 Å². The summed E-state index contributed by atoms with van der Waals surface area (Å²) < 4.78 is 1.11. The molecule has 0 unspecified atom stereocenters. The molecule has 0 atom stereocenters. The highest BCUT2D eigenvalue weighted by atomic mass is 16.6. The predicted molar refractivity (Wildman–Crippen MR) is 46.2 cm³/mol. The van der Waals surface area contributed by atoms with Crippen LogP contribution in [0, 0.1) is 22.5 Å². The highest BCUT2D eigenvalue weighted by molar-refractivity contribution is 5.25. The molecule has 0 aliphatic heterocycles. The smallest absolute Gasteiger partial charge is 0.298 e. The molecule has 0 N–H and O–H groups in total. The monoisotopic (exact) mass is 178 g/mol. The van der Waals surface area contributed by atoms with E-state index in [1.54, 1.807) is 0 Å². The van der Waals surface area contributed by atoms with Gasteiger partial charge in [-0.1, -0.05) is 5.92 Å². The SMILES string of the molecule is C#CCn1cccc([N+](=O)[O-])c1=O. The molecule has 0 aliphatic rings. The van der Waals surface area contributed by atoms with Crippen molar-refractivity contribution in [2.24, 2.45) is 0 Å². The van der Waals surface area contributed by atoms with E-state index < -0.39 is 16.2 Å². The zero-order chi connectivity index (χ0) is 9.84. The Labute approximate surface area is 73.8 Å². The minimum atomic E-state index is -0.727. The van der Waals surface area contributed by atoms with Crippen LogP contribution in [0.15, 0.2) is 23.1 Å². The van der Waals surface area contributed by atoms with E-state index in [-0.39, 0.29) is 6.54 Å². The maximum Gasteiger partial charge on any atom is 0.334 e. The van der Waals surface area contributed by atoms with Crippen molar-refractivity contribution in [3.8, 4) is 12.3 Å². The van der Waals surface area contributed by atoms with Gasteiger partial charge in [0.05, 0.1) is 11.5 Å². The van der Waals surface area contributed by atoms with Gasteiger partial charge in [-0.05, 0) is 6.07 Å². The summed E-state index contributed by atoms with van der Waals surface area (Å²) in [6, 6.07) is 2.56. The lowest BCUT2D eigenvalue weighted by atomic mass is 10.4. The van der Waals surface area contributed by atoms with E-state index in [4.69, 9.17) is 6.42 Å². The molecule has 1 rings (SSSR count). The van der Waals surface area contributed by atoms with Crippen molar-refractivity contribution < 1.29 is 4.92 Å². The summed E-state index contributed by atoms with van der Waals surface area (Å²) in [5.41, 5.74) is -1.14. The van der Waals surface area contributed by atoms with Gasteiger partial charge in [0.1, 0.15) is 0 Å². The summed E-state index contributed by atoms with van der Waals surface area (Å²) in [6.07, 6.45) is 6.39. The molecule has 1 heterocycles. The number of nitro groups is 1. The van der Waals surface area contributed by atoms with E-state index in [2.05, 4.69) is 5.92 Å². The van der Waals surface area contributed by atoms with Gasteiger partial charge in [0, 0.05) is 12.3 Å². The highest BCUT2D eigenvalue weighted by Crippen LogP contribution is 2.00. The summed E-state index contributed by atoms with van der Waals surface area (Å²) in [7, 11) is 0. The minimum Gasteiger partial charge on any atom is -0.298 e. The van der Waals surface area contributed by atoms with Crippen molar-refractivity contribution in [2.75, 3.05) is 0 Å². The zero-order valence-electron chi connectivity index (χ0n) is 6.64. The molecule has 0 radical (unpaired) electrons. The molecule has 13 heavy (non-hydrogen) atoms. The summed E-state index contributed by atoms with van der Waals surface area (Å²) in [4.78, 5) is 20.8. The van der Waals surface area contributed by atoms with Crippen molar-refractivity contribution in [3.05, 3.63) is 38.8 Å². The number of pyridine rings is 1. The minimum absolute atomic E-state index is 0.0422. The Bertz CT molecular complexity index is 428. The predicted octanol–water partition coefficient (Wildman–Crippen LogP) is 0.390. The van der Waals surface area contributed by atoms with Crippen molar-refractivity contribution in [1.82, 2.24) is 4.57 Å². The first-order valence-corrected chi connectivity index (χ1v) is 3.44. The van der Waals surface area contributed by atoms with Crippen LogP contribution in [0.2, 0.25) is 0 Å². The Morgan fingerprint density at radius 3 is 2.92 bits per heavy atom. The van der Waals surface area contributed by atoms with Crippen LogP contribution in [-0.4, -0.2) is 9.49 Å². The second-order valence-electron chi connectivity index (χ2n) is 2.29. The van der Waals surface area contributed by atoms with Gasteiger partial charge in [0.2, 0.25) is 0 Å². The van der Waals surface area contributed by atoms with Gasteiger partial charge in [0.25, 0.3) is 0 Å². The third kappa shape index (κ3) is 1.73. The number of aromatic nitrogens is 1. The van der Waals surface area contributed by atoms with Crippen LogP contribution in [-0.2, 0) is 6.54 Å². The fraction of sp³-hybridized carbons (Fsp3) is 0.125. The van der Waals surface area contributed by atoms with Gasteiger partial charge in [-0.3, -0.25) is 19.5 Å². The first kappa shape index (κ1) is 9.00. The lowest BCUT2D eigenvalue weighted by Gasteiger charge is -1.98. The molecule has 0 fully saturated rings. The van der Waals surface area contributed by atoms with Crippen LogP contribution >= 0.6 is 0 Å². The Balaban J connectivity index is 3.29. The van der Waals surface area contributed by atoms with E-state index in [1.165, 1.54) is 12.3 Å². The average Bonchev–Trinajstić information content (AvgIpc) is 2.08. The Morgan fingerprint density at radius 2 is 2.38 bits per heavy atom. The van der Waals surface area contributed by atoms with E-state index in [9.17, 15) is 14.9 Å². The zero-order valence-corrected chi connectivity index (χ0v) is 6.64. The molecule has 66 valence electrons. The standard InChI is InChI=1S/C8H6N2O3/c1-2-5-9-6-3-4-7(8(9)11)10(12)13/h1,3-4,6H,5H2. The quantitative estimate of drug-likeness (QED) is 0.374. The van der Waals surface area contributed by atoms with E-state index >= 15 is 0 Å². The molecule has 0 aromatic carbocycles. The van der Waals surface area contributed by atoms with E-state index in [1.807, 2.05) is 0 Å². The molecule has 0 bridgehead atoms. The summed E-state index contributed by atoms with van der Waals surface area (Å²) in [6.45, 7) is 0.0422. The fourth-order valence-electron chi connectivity index (χ4n) is 0.886. The summed E-state index contributed by atoms with van der Waals surface area (Å²) in [5, 5.41) is 10.3. The molecule has 0 saturated heterocycles. The molecule has 0 spiro atoms. The van der Waals surface area contributed by atoms with Gasteiger partial charge >= 0.3 is 11.2 Å². The number of terminal acetylenes is 1. The van der Waals surface area contributed by atoms with Crippen molar-refractivity contribution in [1.29, 1.82) is 0 Å². The molecular formula is C8H6N2O3. The van der Waals surface area contributed by atoms with Gasteiger partial charge < -0.3 is 0 Å². The van der Waals surface area contributed by atoms with Gasteiger partial charge in [-0.15, -0.1) is 6.42 Å². The van der Waals surface area contributed by atoms with Crippen LogP contribution in [0.25, 0.3) is 0 Å². The Kier molecular flexibility index (Phi) is 2.45. The van der Waals surface area contributed by atoms with Crippen molar-refractivity contribution in [2.45, 2.75) is 6.54 Å². The number of nitrogens with zero attached hydrogens (tertiary/aromatic N) is 2. The second-order valence-corrected chi connectivity index (χ2v) is 2.29. The lowest BCUT2D eigenvalue weighted by molar-refractivity contribution is -0.386. The van der Waals surface area contributed by atoms with Crippen LogP contribution < -0.4 is 5.56 Å². The van der Waals surface area contributed by atoms with E-state index in [0.717, 1.165) is 10.6 Å². The molecular weight excluding hydrogens is 172 g/mol. The van der Waals surface area contributed by atoms with Crippen molar-refractivity contribution in [3.63, 3.8) is 0 Å². The van der Waals surface area contributed by atoms with Crippen LogP contribution in [0.1, 0.15) is 0 Å².